The fraction of sp³-hybridized carbons (Fsp3) is 0.462. The maximum absolute atomic E-state index is 10.2. The smallest absolute Gasteiger partial charge is 0.293 e. The van der Waals surface area contributed by atoms with E-state index in [9.17, 15) is 4.79 Å². The van der Waals surface area contributed by atoms with E-state index in [2.05, 4.69) is 0 Å². The van der Waals surface area contributed by atoms with E-state index in [0.29, 0.717) is 12.5 Å². The van der Waals surface area contributed by atoms with E-state index in [1.165, 1.54) is 0 Å². The molecule has 5 heteroatoms. The van der Waals surface area contributed by atoms with Crippen LogP contribution in [0.25, 0.3) is 0 Å². The minimum atomic E-state index is 0.0538. The summed E-state index contributed by atoms with van der Waals surface area (Å²) in [5.41, 5.74) is 6.89. The van der Waals surface area contributed by atoms with Crippen molar-refractivity contribution in [3.05, 3.63) is 29.8 Å². The zero-order valence-electron chi connectivity index (χ0n) is 10.6. The molecule has 0 bridgehead atoms. The van der Waals surface area contributed by atoms with Crippen LogP contribution in [-0.4, -0.2) is 38.1 Å². The molecule has 1 radical (unpaired) electrons. The number of nitrogens with two attached hydrogens (primary N) is 1. The lowest BCUT2D eigenvalue weighted by molar-refractivity contribution is 0.130. The SMILES string of the molecule is C[C@H](N)c1ccc(OCC2CN([B]C=O)C2)cc1. The molecular weight excluding hydrogens is 227 g/mol. The van der Waals surface area contributed by atoms with Crippen LogP contribution in [0, 0.1) is 5.92 Å². The molecule has 0 aliphatic carbocycles. The molecule has 95 valence electrons. The van der Waals surface area contributed by atoms with E-state index < -0.39 is 0 Å². The van der Waals surface area contributed by atoms with E-state index in [1.54, 1.807) is 7.41 Å². The molecule has 2 rings (SSSR count). The highest BCUT2D eigenvalue weighted by atomic mass is 16.5. The predicted octanol–water partition coefficient (Wildman–Crippen LogP) is 0.826. The summed E-state index contributed by atoms with van der Waals surface area (Å²) >= 11 is 0. The first-order valence-electron chi connectivity index (χ1n) is 6.20. The van der Waals surface area contributed by atoms with Gasteiger partial charge in [-0.2, -0.15) is 0 Å². The molecule has 1 aromatic rings. The van der Waals surface area contributed by atoms with Crippen LogP contribution in [0.5, 0.6) is 5.75 Å². The Kier molecular flexibility index (Phi) is 4.39. The highest BCUT2D eigenvalue weighted by molar-refractivity contribution is 6.64. The first-order chi connectivity index (χ1) is 8.69. The molecule has 4 nitrogen and oxygen atoms in total. The monoisotopic (exact) mass is 245 g/mol. The normalized spacial score (nSPS) is 17.9. The Morgan fingerprint density at radius 2 is 2.17 bits per heavy atom. The third-order valence-electron chi connectivity index (χ3n) is 3.15. The van der Waals surface area contributed by atoms with E-state index in [-0.39, 0.29) is 6.04 Å². The molecule has 18 heavy (non-hydrogen) atoms. The lowest BCUT2D eigenvalue weighted by atomic mass is 9.85. The van der Waals surface area contributed by atoms with Gasteiger partial charge in [-0.1, -0.05) is 12.1 Å². The second kappa shape index (κ2) is 6.02. The van der Waals surface area contributed by atoms with E-state index in [4.69, 9.17) is 10.5 Å². The molecule has 1 aromatic carbocycles. The minimum absolute atomic E-state index is 0.0538. The average Bonchev–Trinajstić information content (AvgIpc) is 2.32. The third-order valence-corrected chi connectivity index (χ3v) is 3.15. The van der Waals surface area contributed by atoms with Crippen molar-refractivity contribution in [3.8, 4) is 5.75 Å². The highest BCUT2D eigenvalue weighted by Gasteiger charge is 2.26. The van der Waals surface area contributed by atoms with Gasteiger partial charge in [0.25, 0.3) is 7.41 Å². The fourth-order valence-corrected chi connectivity index (χ4v) is 2.00. The Bertz CT molecular complexity index is 388. The summed E-state index contributed by atoms with van der Waals surface area (Å²) in [6.45, 7) is 4.45. The first-order valence-corrected chi connectivity index (χ1v) is 6.20. The van der Waals surface area contributed by atoms with Gasteiger partial charge in [0.1, 0.15) is 5.75 Å². The number of ether oxygens (including phenoxy) is 1. The van der Waals surface area contributed by atoms with Gasteiger partial charge in [-0.05, 0) is 37.7 Å². The lowest BCUT2D eigenvalue weighted by Gasteiger charge is -2.37. The van der Waals surface area contributed by atoms with Crippen molar-refractivity contribution in [1.82, 2.24) is 4.81 Å². The number of benzene rings is 1. The Balaban J connectivity index is 1.73. The Labute approximate surface area is 108 Å². The molecule has 1 aliphatic rings. The van der Waals surface area contributed by atoms with Crippen LogP contribution in [0.15, 0.2) is 24.3 Å². The van der Waals surface area contributed by atoms with Gasteiger partial charge in [-0.25, -0.2) is 0 Å². The Hall–Kier alpha value is -1.33. The van der Waals surface area contributed by atoms with Crippen molar-refractivity contribution in [2.75, 3.05) is 19.7 Å². The number of hydrogen-bond donors (Lipinski definition) is 1. The van der Waals surface area contributed by atoms with Crippen molar-refractivity contribution >= 4 is 13.6 Å². The summed E-state index contributed by atoms with van der Waals surface area (Å²) in [7, 11) is 1.58. The van der Waals surface area contributed by atoms with Crippen LogP contribution >= 0.6 is 0 Å². The molecule has 0 saturated carbocycles. The fourth-order valence-electron chi connectivity index (χ4n) is 2.00. The van der Waals surface area contributed by atoms with Gasteiger partial charge in [0.2, 0.25) is 0 Å². The largest absolute Gasteiger partial charge is 0.493 e. The summed E-state index contributed by atoms with van der Waals surface area (Å²) in [6.07, 6.45) is 0.823. The average molecular weight is 245 g/mol. The quantitative estimate of drug-likeness (QED) is 0.595. The van der Waals surface area contributed by atoms with Gasteiger partial charge < -0.3 is 20.1 Å². The van der Waals surface area contributed by atoms with Crippen LogP contribution in [0.4, 0.5) is 0 Å². The Morgan fingerprint density at radius 3 is 2.72 bits per heavy atom. The lowest BCUT2D eigenvalue weighted by Crippen LogP contribution is -2.51. The number of carbonyl (C=O) groups excluding carboxylic acids is 1. The molecule has 1 atom stereocenters. The van der Waals surface area contributed by atoms with Crippen LogP contribution in [0.2, 0.25) is 0 Å². The van der Waals surface area contributed by atoms with Crippen molar-refractivity contribution in [2.45, 2.75) is 13.0 Å². The molecule has 0 amide bonds. The van der Waals surface area contributed by atoms with Gasteiger partial charge in [0.15, 0.2) is 0 Å². The molecule has 2 N–H and O–H groups in total. The standard InChI is InChI=1S/C13H18BN2O2/c1-10(15)12-2-4-13(5-3-12)18-8-11-6-16(7-11)14-9-17/h2-5,9-11H,6-8,15H2,1H3/t10-/m0/s1. The summed E-state index contributed by atoms with van der Waals surface area (Å²) in [4.78, 5) is 12.2. The maximum atomic E-state index is 10.2. The summed E-state index contributed by atoms with van der Waals surface area (Å²) < 4.78 is 5.70. The van der Waals surface area contributed by atoms with Crippen LogP contribution < -0.4 is 10.5 Å². The number of rotatable bonds is 6. The van der Waals surface area contributed by atoms with Crippen molar-refractivity contribution in [1.29, 1.82) is 0 Å². The molecular formula is C13H18BN2O2. The third kappa shape index (κ3) is 3.34. The number of hydrogen-bond acceptors (Lipinski definition) is 4. The van der Waals surface area contributed by atoms with Crippen molar-refractivity contribution in [2.24, 2.45) is 11.7 Å². The molecule has 0 aromatic heterocycles. The van der Waals surface area contributed by atoms with E-state index in [1.807, 2.05) is 36.0 Å². The number of carbonyl (C=O) groups is 1. The van der Waals surface area contributed by atoms with Crippen LogP contribution in [0.1, 0.15) is 18.5 Å². The maximum Gasteiger partial charge on any atom is 0.293 e. The second-order valence-electron chi connectivity index (χ2n) is 4.77. The summed E-state index contributed by atoms with van der Waals surface area (Å²) in [5.74, 6) is 1.38. The van der Waals surface area contributed by atoms with Gasteiger partial charge in [0.05, 0.1) is 12.8 Å². The Morgan fingerprint density at radius 1 is 1.50 bits per heavy atom. The van der Waals surface area contributed by atoms with Crippen LogP contribution in [0.3, 0.4) is 0 Å². The predicted molar refractivity (Wildman–Crippen MR) is 72.1 cm³/mol. The highest BCUT2D eigenvalue weighted by Crippen LogP contribution is 2.19. The zero-order valence-corrected chi connectivity index (χ0v) is 10.6. The zero-order chi connectivity index (χ0) is 13.0. The first kappa shape index (κ1) is 13.1. The van der Waals surface area contributed by atoms with Gasteiger partial charge in [-0.3, -0.25) is 0 Å². The topological polar surface area (TPSA) is 55.6 Å². The van der Waals surface area contributed by atoms with Crippen molar-refractivity contribution < 1.29 is 9.53 Å². The van der Waals surface area contributed by atoms with Gasteiger partial charge >= 0.3 is 0 Å². The summed E-state index contributed by atoms with van der Waals surface area (Å²) in [5, 5.41) is 0. The van der Waals surface area contributed by atoms with Gasteiger partial charge in [0, 0.05) is 12.0 Å². The van der Waals surface area contributed by atoms with E-state index in [0.717, 1.165) is 30.6 Å². The molecule has 1 heterocycles. The van der Waals surface area contributed by atoms with Crippen molar-refractivity contribution in [3.63, 3.8) is 0 Å². The minimum Gasteiger partial charge on any atom is -0.493 e. The molecule has 0 unspecified atom stereocenters. The van der Waals surface area contributed by atoms with Gasteiger partial charge in [-0.15, -0.1) is 0 Å². The van der Waals surface area contributed by atoms with E-state index >= 15 is 0 Å². The molecule has 1 saturated heterocycles. The van der Waals surface area contributed by atoms with Crippen LogP contribution in [-0.2, 0) is 4.79 Å². The molecule has 1 fully saturated rings. The second-order valence-corrected chi connectivity index (χ2v) is 4.77. The summed E-state index contributed by atoms with van der Waals surface area (Å²) in [6, 6.07) is 7.94. The molecule has 0 spiro atoms. The number of nitrogens with zero attached hydrogens (tertiary/aromatic N) is 1. The molecule has 1 aliphatic heterocycles.